The maximum atomic E-state index is 8.86. The van der Waals surface area contributed by atoms with Crippen LogP contribution in [0.3, 0.4) is 0 Å². The molecule has 0 saturated heterocycles. The first kappa shape index (κ1) is 16.3. The predicted molar refractivity (Wildman–Crippen MR) is 89.7 cm³/mol. The van der Waals surface area contributed by atoms with Crippen LogP contribution in [0.25, 0.3) is 0 Å². The van der Waals surface area contributed by atoms with Crippen molar-refractivity contribution in [3.05, 3.63) is 61.5 Å². The summed E-state index contributed by atoms with van der Waals surface area (Å²) in [5, 5.41) is 13.7. The number of nitrogens with one attached hydrogen (secondary N) is 1. The molecule has 0 aliphatic heterocycles. The van der Waals surface area contributed by atoms with E-state index in [9.17, 15) is 0 Å². The minimum absolute atomic E-state index is 0.101. The van der Waals surface area contributed by atoms with Gasteiger partial charge >= 0.3 is 0 Å². The fourth-order valence-corrected chi connectivity index (χ4v) is 2.83. The molecular weight excluding hydrogens is 350 g/mol. The zero-order valence-electron chi connectivity index (χ0n) is 10.9. The summed E-state index contributed by atoms with van der Waals surface area (Å²) < 4.78 is 0. The van der Waals surface area contributed by atoms with Crippen molar-refractivity contribution < 1.29 is 0 Å². The van der Waals surface area contributed by atoms with Gasteiger partial charge in [-0.1, -0.05) is 52.5 Å². The molecule has 2 nitrogen and oxygen atoms in total. The smallest absolute Gasteiger partial charge is 0.101 e. The number of rotatable bonds is 3. The van der Waals surface area contributed by atoms with Crippen LogP contribution in [-0.4, -0.2) is 0 Å². The maximum Gasteiger partial charge on any atom is 0.101 e. The third-order valence-corrected chi connectivity index (χ3v) is 4.63. The number of anilines is 1. The minimum atomic E-state index is -0.101. The molecule has 0 aromatic heterocycles. The molecule has 1 unspecified atom stereocenters. The minimum Gasteiger partial charge on any atom is -0.378 e. The molecule has 2 aromatic rings. The summed E-state index contributed by atoms with van der Waals surface area (Å²) in [6, 6.07) is 10.6. The van der Waals surface area contributed by atoms with Crippen molar-refractivity contribution in [2.45, 2.75) is 13.0 Å². The number of benzene rings is 2. The van der Waals surface area contributed by atoms with Crippen LogP contribution in [0.4, 0.5) is 5.69 Å². The largest absolute Gasteiger partial charge is 0.378 e. The van der Waals surface area contributed by atoms with Crippen LogP contribution in [0.2, 0.25) is 20.1 Å². The van der Waals surface area contributed by atoms with Gasteiger partial charge in [0, 0.05) is 5.69 Å². The van der Waals surface area contributed by atoms with Gasteiger partial charge in [0.05, 0.1) is 31.7 Å². The van der Waals surface area contributed by atoms with E-state index in [1.165, 1.54) is 0 Å². The molecule has 0 spiro atoms. The molecular formula is C15H10Cl4N2. The average molecular weight is 360 g/mol. The Morgan fingerprint density at radius 1 is 1.00 bits per heavy atom. The molecule has 0 bridgehead atoms. The highest BCUT2D eigenvalue weighted by Crippen LogP contribution is 2.36. The van der Waals surface area contributed by atoms with Crippen LogP contribution in [-0.2, 0) is 0 Å². The second kappa shape index (κ2) is 6.77. The lowest BCUT2D eigenvalue weighted by molar-refractivity contribution is 0.885. The fraction of sp³-hybridized carbons (Fsp3) is 0.133. The van der Waals surface area contributed by atoms with E-state index in [-0.39, 0.29) is 6.04 Å². The maximum absolute atomic E-state index is 8.86. The van der Waals surface area contributed by atoms with E-state index in [2.05, 4.69) is 5.32 Å². The van der Waals surface area contributed by atoms with Gasteiger partial charge in [-0.25, -0.2) is 0 Å². The summed E-state index contributed by atoms with van der Waals surface area (Å²) in [4.78, 5) is 0. The SMILES string of the molecule is CC(Nc1ccc(C#N)c(Cl)c1)c1ccc(Cl)c(Cl)c1Cl. The standard InChI is InChI=1S/C15H10Cl4N2/c1-8(11-4-5-12(16)15(19)14(11)18)21-10-3-2-9(7-20)13(17)6-10/h2-6,8,21H,1H3. The van der Waals surface area contributed by atoms with Crippen LogP contribution in [0.1, 0.15) is 24.1 Å². The third kappa shape index (κ3) is 3.56. The Balaban J connectivity index is 2.26. The highest BCUT2D eigenvalue weighted by atomic mass is 35.5. The van der Waals surface area contributed by atoms with E-state index in [1.54, 1.807) is 24.3 Å². The Morgan fingerprint density at radius 3 is 2.33 bits per heavy atom. The van der Waals surface area contributed by atoms with Gasteiger partial charge in [0.25, 0.3) is 0 Å². The highest BCUT2D eigenvalue weighted by molar-refractivity contribution is 6.48. The lowest BCUT2D eigenvalue weighted by Crippen LogP contribution is -2.07. The van der Waals surface area contributed by atoms with Gasteiger partial charge in [-0.05, 0) is 36.8 Å². The summed E-state index contributed by atoms with van der Waals surface area (Å²) in [5.41, 5.74) is 2.04. The van der Waals surface area contributed by atoms with E-state index < -0.39 is 0 Å². The molecule has 2 aromatic carbocycles. The van der Waals surface area contributed by atoms with Crippen molar-refractivity contribution in [1.82, 2.24) is 0 Å². The Hall–Kier alpha value is -1.11. The topological polar surface area (TPSA) is 35.8 Å². The third-order valence-electron chi connectivity index (χ3n) is 3.00. The van der Waals surface area contributed by atoms with Crippen molar-refractivity contribution in [1.29, 1.82) is 5.26 Å². The number of hydrogen-bond acceptors (Lipinski definition) is 2. The van der Waals surface area contributed by atoms with Crippen LogP contribution in [0.15, 0.2) is 30.3 Å². The second-order valence-corrected chi connectivity index (χ2v) is 6.01. The van der Waals surface area contributed by atoms with Gasteiger partial charge in [0.1, 0.15) is 6.07 Å². The summed E-state index contributed by atoms with van der Waals surface area (Å²) in [7, 11) is 0. The monoisotopic (exact) mass is 358 g/mol. The zero-order chi connectivity index (χ0) is 15.6. The van der Waals surface area contributed by atoms with Crippen LogP contribution in [0.5, 0.6) is 0 Å². The Bertz CT molecular complexity index is 722. The number of nitrogens with zero attached hydrogens (tertiary/aromatic N) is 1. The first-order chi connectivity index (χ1) is 9.93. The molecule has 21 heavy (non-hydrogen) atoms. The van der Waals surface area contributed by atoms with Crippen molar-refractivity contribution in [2.75, 3.05) is 5.32 Å². The summed E-state index contributed by atoms with van der Waals surface area (Å²) in [6.07, 6.45) is 0. The van der Waals surface area contributed by atoms with E-state index in [0.717, 1.165) is 11.3 Å². The molecule has 0 amide bonds. The molecule has 1 atom stereocenters. The first-order valence-corrected chi connectivity index (χ1v) is 7.54. The van der Waals surface area contributed by atoms with Crippen molar-refractivity contribution in [3.63, 3.8) is 0 Å². The van der Waals surface area contributed by atoms with Crippen LogP contribution < -0.4 is 5.32 Å². The fourth-order valence-electron chi connectivity index (χ4n) is 1.90. The quantitative estimate of drug-likeness (QED) is 0.648. The molecule has 0 aliphatic carbocycles. The second-order valence-electron chi connectivity index (χ2n) is 4.44. The Kier molecular flexibility index (Phi) is 5.24. The van der Waals surface area contributed by atoms with Gasteiger partial charge in [0.2, 0.25) is 0 Å². The number of halogens is 4. The van der Waals surface area contributed by atoms with Gasteiger partial charge < -0.3 is 5.32 Å². The van der Waals surface area contributed by atoms with Crippen molar-refractivity contribution >= 4 is 52.1 Å². The van der Waals surface area contributed by atoms with Crippen LogP contribution in [0, 0.1) is 11.3 Å². The average Bonchev–Trinajstić information content (AvgIpc) is 2.45. The van der Waals surface area contributed by atoms with E-state index in [1.807, 2.05) is 19.1 Å². The molecule has 0 heterocycles. The molecule has 6 heteroatoms. The lowest BCUT2D eigenvalue weighted by Gasteiger charge is -2.18. The van der Waals surface area contributed by atoms with E-state index >= 15 is 0 Å². The molecule has 0 radical (unpaired) electrons. The number of hydrogen-bond donors (Lipinski definition) is 1. The van der Waals surface area contributed by atoms with Gasteiger partial charge in [-0.2, -0.15) is 5.26 Å². The van der Waals surface area contributed by atoms with Crippen LogP contribution >= 0.6 is 46.4 Å². The molecule has 1 N–H and O–H groups in total. The molecule has 0 saturated carbocycles. The predicted octanol–water partition coefficient (Wildman–Crippen LogP) is 6.34. The van der Waals surface area contributed by atoms with Gasteiger partial charge in [-0.3, -0.25) is 0 Å². The van der Waals surface area contributed by atoms with E-state index in [4.69, 9.17) is 51.7 Å². The van der Waals surface area contributed by atoms with Crippen molar-refractivity contribution in [2.24, 2.45) is 0 Å². The molecule has 0 aliphatic rings. The summed E-state index contributed by atoms with van der Waals surface area (Å²) in [6.45, 7) is 1.94. The van der Waals surface area contributed by atoms with Gasteiger partial charge in [0.15, 0.2) is 0 Å². The Labute approximate surface area is 143 Å². The molecule has 108 valence electrons. The highest BCUT2D eigenvalue weighted by Gasteiger charge is 2.14. The zero-order valence-corrected chi connectivity index (χ0v) is 13.9. The van der Waals surface area contributed by atoms with E-state index in [0.29, 0.717) is 25.7 Å². The Morgan fingerprint density at radius 2 is 1.71 bits per heavy atom. The lowest BCUT2D eigenvalue weighted by atomic mass is 10.1. The van der Waals surface area contributed by atoms with Crippen molar-refractivity contribution in [3.8, 4) is 6.07 Å². The summed E-state index contributed by atoms with van der Waals surface area (Å²) >= 11 is 24.2. The number of nitriles is 1. The summed E-state index contributed by atoms with van der Waals surface area (Å²) in [5.74, 6) is 0. The molecule has 0 fully saturated rings. The molecule has 2 rings (SSSR count). The van der Waals surface area contributed by atoms with Gasteiger partial charge in [-0.15, -0.1) is 0 Å². The first-order valence-electron chi connectivity index (χ1n) is 6.03. The normalized spacial score (nSPS) is 11.8.